The average molecular weight is 517 g/mol. The number of hydrogen-bond acceptors (Lipinski definition) is 2. The Morgan fingerprint density at radius 1 is 1.35 bits per heavy atom. The molecule has 0 N–H and O–H groups in total. The third-order valence-corrected chi connectivity index (χ3v) is 5.99. The SMILES string of the molecule is Brc1ccc2c(c1)-c1nc(I)c(I)n1CCO2. The predicted molar refractivity (Wildman–Crippen MR) is 86.3 cm³/mol. The van der Waals surface area contributed by atoms with Crippen molar-refractivity contribution in [3.05, 3.63) is 30.1 Å². The zero-order chi connectivity index (χ0) is 12.0. The van der Waals surface area contributed by atoms with Gasteiger partial charge in [0.2, 0.25) is 0 Å². The number of halogens is 3. The molecular formula is C11H7BrI2N2O. The highest BCUT2D eigenvalue weighted by Crippen LogP contribution is 2.35. The number of hydrogen-bond donors (Lipinski definition) is 0. The van der Waals surface area contributed by atoms with Crippen molar-refractivity contribution in [3.8, 4) is 17.1 Å². The molecule has 1 aliphatic rings. The highest BCUT2D eigenvalue weighted by molar-refractivity contribution is 14.1. The van der Waals surface area contributed by atoms with Gasteiger partial charge in [-0.3, -0.25) is 0 Å². The highest BCUT2D eigenvalue weighted by Gasteiger charge is 2.21. The van der Waals surface area contributed by atoms with Crippen molar-refractivity contribution >= 4 is 61.1 Å². The molecule has 0 amide bonds. The summed E-state index contributed by atoms with van der Waals surface area (Å²) in [6.45, 7) is 1.53. The Morgan fingerprint density at radius 3 is 3.00 bits per heavy atom. The van der Waals surface area contributed by atoms with Crippen LogP contribution in [0.1, 0.15) is 0 Å². The summed E-state index contributed by atoms with van der Waals surface area (Å²) in [5.41, 5.74) is 1.05. The van der Waals surface area contributed by atoms with Gasteiger partial charge in [0.1, 0.15) is 25.6 Å². The maximum atomic E-state index is 5.75. The van der Waals surface area contributed by atoms with E-state index in [2.05, 4.69) is 76.7 Å². The van der Waals surface area contributed by atoms with E-state index in [0.29, 0.717) is 6.61 Å². The van der Waals surface area contributed by atoms with E-state index < -0.39 is 0 Å². The lowest BCUT2D eigenvalue weighted by atomic mass is 10.2. The van der Waals surface area contributed by atoms with Gasteiger partial charge < -0.3 is 9.30 Å². The van der Waals surface area contributed by atoms with Gasteiger partial charge >= 0.3 is 0 Å². The van der Waals surface area contributed by atoms with Crippen molar-refractivity contribution in [2.24, 2.45) is 0 Å². The smallest absolute Gasteiger partial charge is 0.145 e. The molecular weight excluding hydrogens is 510 g/mol. The quantitative estimate of drug-likeness (QED) is 0.497. The molecule has 6 heteroatoms. The Hall–Kier alpha value is 0.170. The van der Waals surface area contributed by atoms with Crippen molar-refractivity contribution in [1.29, 1.82) is 0 Å². The molecule has 0 unspecified atom stereocenters. The summed E-state index contributed by atoms with van der Waals surface area (Å²) >= 11 is 8.10. The van der Waals surface area contributed by atoms with Crippen LogP contribution in [0.5, 0.6) is 5.75 Å². The van der Waals surface area contributed by atoms with Crippen LogP contribution in [-0.2, 0) is 6.54 Å². The molecule has 1 aromatic heterocycles. The van der Waals surface area contributed by atoms with Gasteiger partial charge in [-0.05, 0) is 63.4 Å². The van der Waals surface area contributed by atoms with E-state index in [1.807, 2.05) is 12.1 Å². The molecule has 0 radical (unpaired) electrons. The number of fused-ring (bicyclic) bond motifs is 3. The summed E-state index contributed by atoms with van der Waals surface area (Å²) in [5.74, 6) is 1.90. The first kappa shape index (κ1) is 12.2. The summed E-state index contributed by atoms with van der Waals surface area (Å²) in [7, 11) is 0. The van der Waals surface area contributed by atoms with Crippen LogP contribution >= 0.6 is 61.1 Å². The van der Waals surface area contributed by atoms with Crippen LogP contribution in [0.3, 0.4) is 0 Å². The summed E-state index contributed by atoms with van der Waals surface area (Å²) in [6.07, 6.45) is 0. The molecule has 0 saturated carbocycles. The topological polar surface area (TPSA) is 27.1 Å². The number of nitrogens with zero attached hydrogens (tertiary/aromatic N) is 2. The number of aromatic nitrogens is 2. The van der Waals surface area contributed by atoms with E-state index in [-0.39, 0.29) is 0 Å². The zero-order valence-corrected chi connectivity index (χ0v) is 14.5. The summed E-state index contributed by atoms with van der Waals surface area (Å²) in [4.78, 5) is 4.63. The Labute approximate surface area is 134 Å². The van der Waals surface area contributed by atoms with E-state index >= 15 is 0 Å². The second kappa shape index (κ2) is 4.69. The largest absolute Gasteiger partial charge is 0.491 e. The average Bonchev–Trinajstić information content (AvgIpc) is 2.49. The van der Waals surface area contributed by atoms with Gasteiger partial charge in [-0.2, -0.15) is 0 Å². The normalized spacial score (nSPS) is 13.6. The minimum atomic E-state index is 0.685. The molecule has 1 aromatic carbocycles. The minimum absolute atomic E-state index is 0.685. The van der Waals surface area contributed by atoms with Crippen LogP contribution in [0.2, 0.25) is 0 Å². The van der Waals surface area contributed by atoms with Gasteiger partial charge in [0.15, 0.2) is 0 Å². The molecule has 2 heterocycles. The molecule has 0 saturated heterocycles. The molecule has 88 valence electrons. The van der Waals surface area contributed by atoms with Crippen molar-refractivity contribution in [1.82, 2.24) is 9.55 Å². The zero-order valence-electron chi connectivity index (χ0n) is 8.58. The summed E-state index contributed by atoms with van der Waals surface area (Å²) < 4.78 is 11.2. The number of rotatable bonds is 0. The minimum Gasteiger partial charge on any atom is -0.491 e. The molecule has 2 aromatic rings. The third kappa shape index (κ3) is 2.12. The van der Waals surface area contributed by atoms with Crippen LogP contribution in [0.25, 0.3) is 11.4 Å². The van der Waals surface area contributed by atoms with Crippen molar-refractivity contribution in [2.45, 2.75) is 6.54 Å². The van der Waals surface area contributed by atoms with E-state index in [1.54, 1.807) is 0 Å². The van der Waals surface area contributed by atoms with E-state index in [9.17, 15) is 0 Å². The van der Waals surface area contributed by atoms with Crippen molar-refractivity contribution < 1.29 is 4.74 Å². The summed E-state index contributed by atoms with van der Waals surface area (Å²) in [5, 5.41) is 0. The molecule has 0 aliphatic carbocycles. The monoisotopic (exact) mass is 516 g/mol. The van der Waals surface area contributed by atoms with Crippen LogP contribution in [-0.4, -0.2) is 16.2 Å². The first-order valence-corrected chi connectivity index (χ1v) is 7.96. The number of ether oxygens (including phenoxy) is 1. The van der Waals surface area contributed by atoms with Crippen LogP contribution in [0.15, 0.2) is 22.7 Å². The van der Waals surface area contributed by atoms with E-state index in [4.69, 9.17) is 4.74 Å². The Morgan fingerprint density at radius 2 is 2.18 bits per heavy atom. The van der Waals surface area contributed by atoms with Crippen molar-refractivity contribution in [2.75, 3.05) is 6.61 Å². The fourth-order valence-electron chi connectivity index (χ4n) is 1.86. The first-order valence-electron chi connectivity index (χ1n) is 5.01. The van der Waals surface area contributed by atoms with Gasteiger partial charge in [0.25, 0.3) is 0 Å². The number of imidazole rings is 1. The van der Waals surface area contributed by atoms with Gasteiger partial charge in [-0.1, -0.05) is 15.9 Å². The lowest BCUT2D eigenvalue weighted by Crippen LogP contribution is -2.07. The second-order valence-corrected chi connectivity index (χ2v) is 6.62. The van der Waals surface area contributed by atoms with Crippen molar-refractivity contribution in [3.63, 3.8) is 0 Å². The fourth-order valence-corrected chi connectivity index (χ4v) is 3.33. The lowest BCUT2D eigenvalue weighted by Gasteiger charge is -2.05. The Bertz CT molecular complexity index is 597. The van der Waals surface area contributed by atoms with Gasteiger partial charge in [-0.15, -0.1) is 0 Å². The van der Waals surface area contributed by atoms with E-state index in [0.717, 1.165) is 31.9 Å². The third-order valence-electron chi connectivity index (χ3n) is 2.62. The van der Waals surface area contributed by atoms with Crippen LogP contribution < -0.4 is 4.74 Å². The maximum absolute atomic E-state index is 5.75. The molecule has 0 spiro atoms. The molecule has 0 fully saturated rings. The second-order valence-electron chi connectivity index (χ2n) is 3.66. The standard InChI is InChI=1S/C11H7BrI2N2O/c12-6-1-2-8-7(5-6)11-15-9(13)10(14)16(11)3-4-17-8/h1-2,5H,3-4H2. The van der Waals surface area contributed by atoms with Crippen LogP contribution in [0.4, 0.5) is 0 Å². The van der Waals surface area contributed by atoms with Gasteiger partial charge in [0.05, 0.1) is 12.1 Å². The molecule has 1 aliphatic heterocycles. The summed E-state index contributed by atoms with van der Waals surface area (Å²) in [6, 6.07) is 6.04. The Kier molecular flexibility index (Phi) is 3.37. The van der Waals surface area contributed by atoms with E-state index in [1.165, 1.54) is 3.70 Å². The molecule has 3 rings (SSSR count). The highest BCUT2D eigenvalue weighted by atomic mass is 127. The molecule has 0 atom stereocenters. The van der Waals surface area contributed by atoms with Crippen LogP contribution in [0, 0.1) is 7.40 Å². The fraction of sp³-hybridized carbons (Fsp3) is 0.182. The molecule has 17 heavy (non-hydrogen) atoms. The van der Waals surface area contributed by atoms with Gasteiger partial charge in [0, 0.05) is 4.47 Å². The predicted octanol–water partition coefficient (Wildman–Crippen LogP) is 3.91. The van der Waals surface area contributed by atoms with Gasteiger partial charge in [-0.25, -0.2) is 4.98 Å². The molecule has 0 bridgehead atoms. The Balaban J connectivity index is 2.30. The number of benzene rings is 1. The lowest BCUT2D eigenvalue weighted by molar-refractivity contribution is 0.305. The maximum Gasteiger partial charge on any atom is 0.145 e. The first-order chi connectivity index (χ1) is 8.16. The molecule has 3 nitrogen and oxygen atoms in total.